The Morgan fingerprint density at radius 3 is 3.07 bits per heavy atom. The number of nitrogens with two attached hydrogens (primary N) is 1. The van der Waals surface area contributed by atoms with E-state index in [-0.39, 0.29) is 5.69 Å². The normalized spacial score (nSPS) is 15.7. The molecule has 80 valence electrons. The molecule has 15 heavy (non-hydrogen) atoms. The first-order valence-electron chi connectivity index (χ1n) is 4.69. The maximum absolute atomic E-state index is 11.0. The third kappa shape index (κ3) is 2.21. The second-order valence-corrected chi connectivity index (χ2v) is 3.43. The molecule has 1 fully saturated rings. The zero-order valence-corrected chi connectivity index (χ0v) is 8.14. The summed E-state index contributed by atoms with van der Waals surface area (Å²) in [5.41, 5.74) is 5.98. The molecule has 1 amide bonds. The molecule has 0 atom stereocenters. The molecule has 0 unspecified atom stereocenters. The summed E-state index contributed by atoms with van der Waals surface area (Å²) in [4.78, 5) is 18.7. The predicted molar refractivity (Wildman–Crippen MR) is 53.3 cm³/mol. The SMILES string of the molecule is NC(=O)c1ncncc1NCC1COC1. The minimum Gasteiger partial charge on any atom is -0.381 e. The molecule has 0 radical (unpaired) electrons. The molecule has 0 bridgehead atoms. The van der Waals surface area contributed by atoms with Crippen LogP contribution < -0.4 is 11.1 Å². The second-order valence-electron chi connectivity index (χ2n) is 3.43. The summed E-state index contributed by atoms with van der Waals surface area (Å²) in [6, 6.07) is 0. The fourth-order valence-electron chi connectivity index (χ4n) is 1.31. The van der Waals surface area contributed by atoms with Crippen LogP contribution in [0, 0.1) is 5.92 Å². The highest BCUT2D eigenvalue weighted by molar-refractivity contribution is 5.96. The Balaban J connectivity index is 2.02. The van der Waals surface area contributed by atoms with Crippen molar-refractivity contribution in [1.29, 1.82) is 0 Å². The number of carbonyl (C=O) groups excluding carboxylic acids is 1. The van der Waals surface area contributed by atoms with Gasteiger partial charge in [0.2, 0.25) is 0 Å². The molecular formula is C9H12N4O2. The van der Waals surface area contributed by atoms with Crippen LogP contribution in [-0.4, -0.2) is 35.6 Å². The summed E-state index contributed by atoms with van der Waals surface area (Å²) in [5.74, 6) is -0.0595. The van der Waals surface area contributed by atoms with Crippen molar-refractivity contribution in [3.05, 3.63) is 18.2 Å². The summed E-state index contributed by atoms with van der Waals surface area (Å²) < 4.78 is 5.04. The molecular weight excluding hydrogens is 196 g/mol. The Hall–Kier alpha value is -1.69. The van der Waals surface area contributed by atoms with E-state index in [4.69, 9.17) is 10.5 Å². The lowest BCUT2D eigenvalue weighted by Gasteiger charge is -2.26. The molecule has 2 rings (SSSR count). The van der Waals surface area contributed by atoms with E-state index in [0.717, 1.165) is 19.8 Å². The smallest absolute Gasteiger partial charge is 0.269 e. The second kappa shape index (κ2) is 4.22. The number of aromatic nitrogens is 2. The lowest BCUT2D eigenvalue weighted by Crippen LogP contribution is -2.34. The number of hydrogen-bond donors (Lipinski definition) is 2. The van der Waals surface area contributed by atoms with Crippen LogP contribution in [0.5, 0.6) is 0 Å². The van der Waals surface area contributed by atoms with Crippen LogP contribution in [0.25, 0.3) is 0 Å². The van der Waals surface area contributed by atoms with Gasteiger partial charge in [0, 0.05) is 12.5 Å². The molecule has 1 saturated heterocycles. The van der Waals surface area contributed by atoms with Crippen molar-refractivity contribution in [2.75, 3.05) is 25.1 Å². The van der Waals surface area contributed by atoms with Crippen LogP contribution in [0.4, 0.5) is 5.69 Å². The number of nitrogens with zero attached hydrogens (tertiary/aromatic N) is 2. The van der Waals surface area contributed by atoms with E-state index in [1.807, 2.05) is 0 Å². The summed E-state index contributed by atoms with van der Waals surface area (Å²) >= 11 is 0. The van der Waals surface area contributed by atoms with Gasteiger partial charge in [0.25, 0.3) is 5.91 Å². The van der Waals surface area contributed by atoms with E-state index in [2.05, 4.69) is 15.3 Å². The van der Waals surface area contributed by atoms with Gasteiger partial charge in [-0.25, -0.2) is 9.97 Å². The fraction of sp³-hybridized carbons (Fsp3) is 0.444. The Morgan fingerprint density at radius 2 is 2.47 bits per heavy atom. The number of anilines is 1. The van der Waals surface area contributed by atoms with Crippen molar-refractivity contribution in [3.8, 4) is 0 Å². The van der Waals surface area contributed by atoms with Gasteiger partial charge in [-0.15, -0.1) is 0 Å². The van der Waals surface area contributed by atoms with E-state index in [0.29, 0.717) is 11.6 Å². The molecule has 1 aliphatic rings. The predicted octanol–water partition coefficient (Wildman–Crippen LogP) is -0.366. The number of hydrogen-bond acceptors (Lipinski definition) is 5. The molecule has 6 nitrogen and oxygen atoms in total. The molecule has 1 aromatic rings. The van der Waals surface area contributed by atoms with Crippen LogP contribution in [-0.2, 0) is 4.74 Å². The molecule has 0 aliphatic carbocycles. The van der Waals surface area contributed by atoms with E-state index < -0.39 is 5.91 Å². The van der Waals surface area contributed by atoms with Crippen LogP contribution >= 0.6 is 0 Å². The van der Waals surface area contributed by atoms with Gasteiger partial charge < -0.3 is 15.8 Å². The van der Waals surface area contributed by atoms with Crippen LogP contribution in [0.1, 0.15) is 10.5 Å². The third-order valence-corrected chi connectivity index (χ3v) is 2.23. The third-order valence-electron chi connectivity index (χ3n) is 2.23. The Labute approximate surface area is 86.9 Å². The van der Waals surface area contributed by atoms with Gasteiger partial charge in [0.15, 0.2) is 5.69 Å². The number of primary amides is 1. The number of amides is 1. The first kappa shape index (κ1) is 9.85. The van der Waals surface area contributed by atoms with Gasteiger partial charge in [-0.1, -0.05) is 0 Å². The molecule has 2 heterocycles. The van der Waals surface area contributed by atoms with Crippen molar-refractivity contribution in [3.63, 3.8) is 0 Å². The largest absolute Gasteiger partial charge is 0.381 e. The van der Waals surface area contributed by atoms with Crippen molar-refractivity contribution >= 4 is 11.6 Å². The van der Waals surface area contributed by atoms with E-state index in [9.17, 15) is 4.79 Å². The van der Waals surface area contributed by atoms with Crippen LogP contribution in [0.2, 0.25) is 0 Å². The molecule has 1 aromatic heterocycles. The van der Waals surface area contributed by atoms with E-state index >= 15 is 0 Å². The minimum absolute atomic E-state index is 0.227. The maximum atomic E-state index is 11.0. The Morgan fingerprint density at radius 1 is 1.67 bits per heavy atom. The monoisotopic (exact) mass is 208 g/mol. The number of carbonyl (C=O) groups is 1. The summed E-state index contributed by atoms with van der Waals surface area (Å²) in [5, 5.41) is 3.09. The highest BCUT2D eigenvalue weighted by atomic mass is 16.5. The first-order valence-corrected chi connectivity index (χ1v) is 4.69. The fourth-order valence-corrected chi connectivity index (χ4v) is 1.31. The maximum Gasteiger partial charge on any atom is 0.269 e. The topological polar surface area (TPSA) is 90.1 Å². The van der Waals surface area contributed by atoms with Gasteiger partial charge in [0.05, 0.1) is 25.1 Å². The standard InChI is InChI=1S/C9H12N4O2/c10-9(14)8-7(2-11-5-13-8)12-1-6-3-15-4-6/h2,5-6,12H,1,3-4H2,(H2,10,14). The highest BCUT2D eigenvalue weighted by Crippen LogP contribution is 2.14. The molecule has 3 N–H and O–H groups in total. The van der Waals surface area contributed by atoms with Crippen molar-refractivity contribution < 1.29 is 9.53 Å². The highest BCUT2D eigenvalue weighted by Gasteiger charge is 2.19. The van der Waals surface area contributed by atoms with Crippen LogP contribution in [0.3, 0.4) is 0 Å². The van der Waals surface area contributed by atoms with E-state index in [1.165, 1.54) is 6.33 Å². The van der Waals surface area contributed by atoms with Gasteiger partial charge in [-0.3, -0.25) is 4.79 Å². The number of ether oxygens (including phenoxy) is 1. The van der Waals surface area contributed by atoms with Crippen molar-refractivity contribution in [2.24, 2.45) is 11.7 Å². The Bertz CT molecular complexity index is 365. The zero-order valence-electron chi connectivity index (χ0n) is 8.14. The number of nitrogens with one attached hydrogen (secondary N) is 1. The van der Waals surface area contributed by atoms with Gasteiger partial charge >= 0.3 is 0 Å². The summed E-state index contributed by atoms with van der Waals surface area (Å²) in [7, 11) is 0. The molecule has 0 saturated carbocycles. The average Bonchev–Trinajstić information content (AvgIpc) is 2.16. The quantitative estimate of drug-likeness (QED) is 0.704. The van der Waals surface area contributed by atoms with Crippen molar-refractivity contribution in [2.45, 2.75) is 0 Å². The lowest BCUT2D eigenvalue weighted by molar-refractivity contribution is -0.0248. The minimum atomic E-state index is -0.551. The number of rotatable bonds is 4. The first-order chi connectivity index (χ1) is 7.27. The molecule has 0 spiro atoms. The molecule has 0 aromatic carbocycles. The Kier molecular flexibility index (Phi) is 2.77. The van der Waals surface area contributed by atoms with Crippen molar-refractivity contribution in [1.82, 2.24) is 9.97 Å². The average molecular weight is 208 g/mol. The molecule has 6 heteroatoms. The summed E-state index contributed by atoms with van der Waals surface area (Å²) in [6.45, 7) is 2.26. The lowest BCUT2D eigenvalue weighted by atomic mass is 10.1. The van der Waals surface area contributed by atoms with Gasteiger partial charge in [-0.2, -0.15) is 0 Å². The summed E-state index contributed by atoms with van der Waals surface area (Å²) in [6.07, 6.45) is 2.85. The van der Waals surface area contributed by atoms with Crippen LogP contribution in [0.15, 0.2) is 12.5 Å². The van der Waals surface area contributed by atoms with E-state index in [1.54, 1.807) is 6.20 Å². The van der Waals surface area contributed by atoms with Gasteiger partial charge in [-0.05, 0) is 0 Å². The van der Waals surface area contributed by atoms with Gasteiger partial charge in [0.1, 0.15) is 6.33 Å². The zero-order chi connectivity index (χ0) is 10.7. The molecule has 1 aliphatic heterocycles.